The normalized spacial score (nSPS) is 7.93. The molecule has 72 valence electrons. The van der Waals surface area contributed by atoms with E-state index in [-0.39, 0.29) is 103 Å². The predicted octanol–water partition coefficient (Wildman–Crippen LogP) is -7.56. The third kappa shape index (κ3) is 48.9. The predicted molar refractivity (Wildman–Crippen MR) is 35.8 cm³/mol. The van der Waals surface area contributed by atoms with Gasteiger partial charge in [-0.2, -0.15) is 0 Å². The van der Waals surface area contributed by atoms with E-state index in [1.807, 2.05) is 0 Å². The van der Waals surface area contributed by atoms with Gasteiger partial charge in [-0.1, -0.05) is 0 Å². The van der Waals surface area contributed by atoms with Crippen molar-refractivity contribution >= 4 is 12.2 Å². The Morgan fingerprint density at radius 3 is 1.36 bits per heavy atom. The number of amides is 1. The first-order valence-corrected chi connectivity index (χ1v) is 3.01. The fourth-order valence-electron chi connectivity index (χ4n) is 0.302. The zero-order valence-electron chi connectivity index (χ0n) is 9.12. The van der Waals surface area contributed by atoms with Crippen molar-refractivity contribution in [1.82, 2.24) is 0 Å². The Morgan fingerprint density at radius 1 is 1.14 bits per heavy atom. The van der Waals surface area contributed by atoms with E-state index in [0.29, 0.717) is 0 Å². The van der Waals surface area contributed by atoms with Crippen LogP contribution in [0.4, 0.5) is 9.59 Å². The summed E-state index contributed by atoms with van der Waals surface area (Å²) in [5.41, 5.74) is 4.26. The Labute approximate surface area is 168 Å². The molecule has 0 saturated carbocycles. The Hall–Kier alpha value is 1.81. The van der Waals surface area contributed by atoms with Gasteiger partial charge in [0.25, 0.3) is 0 Å². The van der Waals surface area contributed by atoms with Gasteiger partial charge in [-0.3, -0.25) is 0 Å². The molecular formula is C6H11K2NO5. The Kier molecular flexibility index (Phi) is 22.9. The summed E-state index contributed by atoms with van der Waals surface area (Å²) in [4.78, 5) is 18.3. The van der Waals surface area contributed by atoms with Crippen molar-refractivity contribution in [2.45, 2.75) is 26.4 Å². The van der Waals surface area contributed by atoms with Gasteiger partial charge in [-0.05, 0) is 26.9 Å². The summed E-state index contributed by atoms with van der Waals surface area (Å²) in [6, 6.07) is 0. The van der Waals surface area contributed by atoms with Crippen LogP contribution < -0.4 is 119 Å². The van der Waals surface area contributed by atoms with Crippen molar-refractivity contribution in [3.63, 3.8) is 0 Å². The monoisotopic (exact) mass is 255 g/mol. The van der Waals surface area contributed by atoms with Crippen LogP contribution in [0, 0.1) is 0 Å². The minimum absolute atomic E-state index is 0. The van der Waals surface area contributed by atoms with E-state index >= 15 is 0 Å². The second kappa shape index (κ2) is 12.9. The average molecular weight is 255 g/mol. The molecule has 0 saturated heterocycles. The van der Waals surface area contributed by atoms with Crippen LogP contribution in [0.5, 0.6) is 0 Å². The van der Waals surface area contributed by atoms with Crippen LogP contribution in [0.1, 0.15) is 20.8 Å². The largest absolute Gasteiger partial charge is 1.00 e. The number of rotatable bonds is 0. The Morgan fingerprint density at radius 2 is 1.36 bits per heavy atom. The van der Waals surface area contributed by atoms with Gasteiger partial charge < -0.3 is 25.5 Å². The van der Waals surface area contributed by atoms with Crippen LogP contribution in [0.3, 0.4) is 0 Å². The minimum Gasteiger partial charge on any atom is -0.652 e. The van der Waals surface area contributed by atoms with E-state index in [1.54, 1.807) is 20.8 Å². The van der Waals surface area contributed by atoms with Crippen LogP contribution in [0.15, 0.2) is 0 Å². The van der Waals surface area contributed by atoms with E-state index in [2.05, 4.69) is 4.74 Å². The summed E-state index contributed by atoms with van der Waals surface area (Å²) in [5, 5.41) is 16.7. The van der Waals surface area contributed by atoms with Crippen LogP contribution in [-0.4, -0.2) is 17.8 Å². The maximum Gasteiger partial charge on any atom is 1.00 e. The van der Waals surface area contributed by atoms with Gasteiger partial charge in [0, 0.05) is 0 Å². The molecule has 0 fully saturated rings. The number of hydrogen-bond donors (Lipinski definition) is 1. The van der Waals surface area contributed by atoms with Crippen molar-refractivity contribution in [2.75, 3.05) is 0 Å². The van der Waals surface area contributed by atoms with Gasteiger partial charge in [0.1, 0.15) is 5.60 Å². The van der Waals surface area contributed by atoms with Gasteiger partial charge in [0.05, 0.1) is 0 Å². The van der Waals surface area contributed by atoms with Crippen LogP contribution >= 0.6 is 0 Å². The SMILES string of the molecule is CC(C)(C)OC(N)=O.O=C([O-])[O-].[K+].[K+]. The zero-order valence-corrected chi connectivity index (χ0v) is 15.4. The molecule has 8 heteroatoms. The molecule has 0 unspecified atom stereocenters. The second-order valence-electron chi connectivity index (χ2n) is 2.78. The van der Waals surface area contributed by atoms with Crippen molar-refractivity contribution in [1.29, 1.82) is 0 Å². The number of ether oxygens (including phenoxy) is 1. The Bertz CT molecular complexity index is 164. The van der Waals surface area contributed by atoms with E-state index in [0.717, 1.165) is 0 Å². The molecule has 1 amide bonds. The molecule has 6 nitrogen and oxygen atoms in total. The van der Waals surface area contributed by atoms with E-state index in [4.69, 9.17) is 20.7 Å². The number of primary amides is 1. The summed E-state index contributed by atoms with van der Waals surface area (Å²) in [5.74, 6) is 0. The van der Waals surface area contributed by atoms with Crippen molar-refractivity contribution in [3.8, 4) is 0 Å². The fraction of sp³-hybridized carbons (Fsp3) is 0.667. The van der Waals surface area contributed by atoms with Crippen molar-refractivity contribution in [2.24, 2.45) is 5.73 Å². The third-order valence-electron chi connectivity index (χ3n) is 0.407. The molecule has 0 radical (unpaired) electrons. The summed E-state index contributed by atoms with van der Waals surface area (Å²) >= 11 is 0. The molecule has 0 bridgehead atoms. The fourth-order valence-corrected chi connectivity index (χ4v) is 0.302. The number of carboxylic acid groups (broad SMARTS) is 2. The maximum absolute atomic E-state index is 10.0. The molecule has 0 aromatic rings. The number of hydrogen-bond acceptors (Lipinski definition) is 5. The van der Waals surface area contributed by atoms with Gasteiger partial charge in [-0.15, -0.1) is 0 Å². The average Bonchev–Trinajstić information content (AvgIpc) is 1.52. The first-order valence-electron chi connectivity index (χ1n) is 3.01. The first-order chi connectivity index (χ1) is 5.15. The Balaban J connectivity index is -0.0000000733. The van der Waals surface area contributed by atoms with Gasteiger partial charge in [0.15, 0.2) is 0 Å². The molecule has 0 atom stereocenters. The molecule has 0 aromatic carbocycles. The van der Waals surface area contributed by atoms with Crippen molar-refractivity contribution < 1.29 is 127 Å². The summed E-state index contributed by atoms with van der Waals surface area (Å²) < 4.78 is 4.58. The first kappa shape index (κ1) is 24.9. The topological polar surface area (TPSA) is 116 Å². The smallest absolute Gasteiger partial charge is 0.652 e. The summed E-state index contributed by atoms with van der Waals surface area (Å²) in [7, 11) is 0. The minimum atomic E-state index is -2.33. The molecule has 0 rings (SSSR count). The molecule has 14 heavy (non-hydrogen) atoms. The standard InChI is InChI=1S/C5H11NO2.CH2O3.2K/c1-5(2,3)8-4(6)7;2-1(3)4;;/h1-3H3,(H2,6,7);(H2,2,3,4);;/q;;2*+1/p-2. The molecule has 0 aliphatic carbocycles. The summed E-state index contributed by atoms with van der Waals surface area (Å²) in [6.45, 7) is 5.28. The third-order valence-corrected chi connectivity index (χ3v) is 0.407. The van der Waals surface area contributed by atoms with Crippen molar-refractivity contribution in [3.05, 3.63) is 0 Å². The summed E-state index contributed by atoms with van der Waals surface area (Å²) in [6.07, 6.45) is -3.06. The van der Waals surface area contributed by atoms with Crippen LogP contribution in [0.2, 0.25) is 0 Å². The van der Waals surface area contributed by atoms with E-state index in [1.165, 1.54) is 0 Å². The molecule has 0 heterocycles. The zero-order chi connectivity index (χ0) is 10.4. The quantitative estimate of drug-likeness (QED) is 0.432. The van der Waals surface area contributed by atoms with Gasteiger partial charge >= 0.3 is 109 Å². The van der Waals surface area contributed by atoms with Crippen LogP contribution in [-0.2, 0) is 4.74 Å². The molecular weight excluding hydrogens is 244 g/mol. The molecule has 0 spiro atoms. The molecule has 0 aromatic heterocycles. The number of carbonyl (C=O) groups is 2. The van der Waals surface area contributed by atoms with E-state index in [9.17, 15) is 4.79 Å². The van der Waals surface area contributed by atoms with Crippen LogP contribution in [0.25, 0.3) is 0 Å². The molecule has 0 aliphatic heterocycles. The second-order valence-corrected chi connectivity index (χ2v) is 2.78. The molecule has 2 N–H and O–H groups in total. The number of nitrogens with two attached hydrogens (primary N) is 1. The van der Waals surface area contributed by atoms with Gasteiger partial charge in [0.2, 0.25) is 0 Å². The molecule has 0 aliphatic rings. The van der Waals surface area contributed by atoms with Gasteiger partial charge in [-0.25, -0.2) is 4.79 Å². The number of carbonyl (C=O) groups excluding carboxylic acids is 2. The van der Waals surface area contributed by atoms with E-state index < -0.39 is 17.8 Å². The maximum atomic E-state index is 10.0.